The van der Waals surface area contributed by atoms with Gasteiger partial charge in [-0.3, -0.25) is 0 Å². The summed E-state index contributed by atoms with van der Waals surface area (Å²) in [6.07, 6.45) is 6.52. The van der Waals surface area contributed by atoms with Gasteiger partial charge in [-0.05, 0) is 0 Å². The summed E-state index contributed by atoms with van der Waals surface area (Å²) in [5, 5.41) is 8.09. The van der Waals surface area contributed by atoms with Crippen LogP contribution >= 0.6 is 0 Å². The molecule has 2 heterocycles. The van der Waals surface area contributed by atoms with Gasteiger partial charge in [-0.25, -0.2) is 0 Å². The molecule has 0 radical (unpaired) electrons. The minimum atomic E-state index is 0.0959. The summed E-state index contributed by atoms with van der Waals surface area (Å²) in [7, 11) is 0. The molecule has 0 atom stereocenters. The Morgan fingerprint density at radius 2 is 1.21 bits per heavy atom. The van der Waals surface area contributed by atoms with Crippen molar-refractivity contribution in [1.29, 1.82) is 0 Å². The minimum absolute atomic E-state index is 0.0959. The van der Waals surface area contributed by atoms with E-state index in [1.807, 2.05) is 36.4 Å². The molecule has 150 valence electrons. The molecule has 0 bridgehead atoms. The van der Waals surface area contributed by atoms with Crippen molar-refractivity contribution >= 4 is 38.1 Å². The molecular weight excluding hydrogens is 486 g/mol. The molecule has 6 nitrogen and oxygen atoms in total. The molecule has 0 saturated heterocycles. The van der Waals surface area contributed by atoms with Crippen LogP contribution in [0.1, 0.15) is 37.1 Å². The van der Waals surface area contributed by atoms with Crippen LogP contribution in [0.2, 0.25) is 10.6 Å². The number of aromatic nitrogens is 2. The summed E-state index contributed by atoms with van der Waals surface area (Å²) in [6, 6.07) is 11.4. The number of rotatable bonds is 13. The second-order valence-corrected chi connectivity index (χ2v) is 13.9. The van der Waals surface area contributed by atoms with Gasteiger partial charge in [0.05, 0.1) is 0 Å². The van der Waals surface area contributed by atoms with Crippen LogP contribution in [-0.4, -0.2) is 48.0 Å². The molecule has 0 unspecified atom stereocenters. The van der Waals surface area contributed by atoms with Crippen LogP contribution in [0, 0.1) is 0 Å². The fourth-order valence-electron chi connectivity index (χ4n) is 2.26. The molecule has 8 heteroatoms. The molecule has 2 rings (SSSR count). The van der Waals surface area contributed by atoms with Crippen molar-refractivity contribution in [1.82, 2.24) is 20.6 Å². The van der Waals surface area contributed by atoms with Crippen LogP contribution in [0.3, 0.4) is 0 Å². The molecule has 2 amide bonds. The molecule has 28 heavy (non-hydrogen) atoms. The SMILES string of the molecule is O=C(CCC[Se][Se]CCCC(=O)NCc1ccccn1)NCc1ccccn1. The Labute approximate surface area is 177 Å². The fraction of sp³-hybridized carbons (Fsp3) is 0.400. The number of pyridine rings is 2. The van der Waals surface area contributed by atoms with Crippen LogP contribution in [0.15, 0.2) is 48.8 Å². The van der Waals surface area contributed by atoms with E-state index in [1.165, 1.54) is 0 Å². The molecule has 0 aliphatic rings. The van der Waals surface area contributed by atoms with Gasteiger partial charge in [0.15, 0.2) is 0 Å². The van der Waals surface area contributed by atoms with Crippen molar-refractivity contribution in [2.24, 2.45) is 0 Å². The summed E-state index contributed by atoms with van der Waals surface area (Å²) >= 11 is 1.22. The van der Waals surface area contributed by atoms with Crippen LogP contribution in [0.25, 0.3) is 0 Å². The predicted molar refractivity (Wildman–Crippen MR) is 112 cm³/mol. The number of nitrogens with one attached hydrogen (secondary N) is 2. The second kappa shape index (κ2) is 14.3. The average molecular weight is 512 g/mol. The van der Waals surface area contributed by atoms with Crippen molar-refractivity contribution in [2.45, 2.75) is 49.4 Å². The van der Waals surface area contributed by atoms with E-state index in [2.05, 4.69) is 20.6 Å². The Morgan fingerprint density at radius 3 is 1.61 bits per heavy atom. The summed E-state index contributed by atoms with van der Waals surface area (Å²) in [6.45, 7) is 0.994. The number of hydrogen-bond donors (Lipinski definition) is 2. The van der Waals surface area contributed by atoms with Crippen LogP contribution in [0.4, 0.5) is 0 Å². The monoisotopic (exact) mass is 514 g/mol. The maximum absolute atomic E-state index is 11.8. The molecular formula is C20H26N4O2Se2. The zero-order valence-corrected chi connectivity index (χ0v) is 19.2. The maximum atomic E-state index is 11.8. The van der Waals surface area contributed by atoms with E-state index in [-0.39, 0.29) is 11.8 Å². The third kappa shape index (κ3) is 10.6. The fourth-order valence-corrected chi connectivity index (χ4v) is 9.00. The summed E-state index contributed by atoms with van der Waals surface area (Å²) < 4.78 is 0. The van der Waals surface area contributed by atoms with Gasteiger partial charge in [0.1, 0.15) is 0 Å². The Balaban J connectivity index is 1.39. The van der Waals surface area contributed by atoms with Gasteiger partial charge in [-0.1, -0.05) is 0 Å². The van der Waals surface area contributed by atoms with Gasteiger partial charge in [-0.15, -0.1) is 0 Å². The van der Waals surface area contributed by atoms with E-state index in [9.17, 15) is 9.59 Å². The molecule has 2 aromatic rings. The predicted octanol–water partition coefficient (Wildman–Crippen LogP) is 2.13. The normalized spacial score (nSPS) is 10.4. The molecule has 0 aromatic carbocycles. The molecule has 0 aliphatic heterocycles. The van der Waals surface area contributed by atoms with Crippen molar-refractivity contribution in [3.8, 4) is 0 Å². The zero-order chi connectivity index (χ0) is 19.9. The topological polar surface area (TPSA) is 84.0 Å². The van der Waals surface area contributed by atoms with Gasteiger partial charge in [-0.2, -0.15) is 0 Å². The van der Waals surface area contributed by atoms with Crippen molar-refractivity contribution < 1.29 is 9.59 Å². The molecule has 0 spiro atoms. The standard InChI is InChI=1S/C20H26N4O2Se2/c25-19(23-15-17-7-1-3-11-21-17)9-5-13-27-28-14-6-10-20(26)24-16-18-8-2-4-12-22-18/h1-4,7-8,11-12H,5-6,9-10,13-16H2,(H,23,25)(H,24,26). The first kappa shape index (κ1) is 22.6. The third-order valence-electron chi connectivity index (χ3n) is 3.73. The van der Waals surface area contributed by atoms with E-state index < -0.39 is 0 Å². The van der Waals surface area contributed by atoms with Crippen LogP contribution in [-0.2, 0) is 22.7 Å². The van der Waals surface area contributed by atoms with Crippen molar-refractivity contribution in [3.63, 3.8) is 0 Å². The molecule has 2 aromatic heterocycles. The Morgan fingerprint density at radius 1 is 0.750 bits per heavy atom. The number of hydrogen-bond acceptors (Lipinski definition) is 4. The first-order valence-corrected chi connectivity index (χ1v) is 16.1. The molecule has 0 fully saturated rings. The molecule has 0 aliphatic carbocycles. The first-order valence-electron chi connectivity index (χ1n) is 9.31. The van der Waals surface area contributed by atoms with Crippen LogP contribution < -0.4 is 10.6 Å². The van der Waals surface area contributed by atoms with Crippen molar-refractivity contribution in [3.05, 3.63) is 60.2 Å². The van der Waals surface area contributed by atoms with Gasteiger partial charge >= 0.3 is 178 Å². The number of carbonyl (C=O) groups is 2. The summed E-state index contributed by atoms with van der Waals surface area (Å²) in [4.78, 5) is 32.0. The summed E-state index contributed by atoms with van der Waals surface area (Å²) in [5.41, 5.74) is 1.76. The Hall–Kier alpha value is -1.72. The number of nitrogens with zero attached hydrogens (tertiary/aromatic N) is 2. The van der Waals surface area contributed by atoms with E-state index >= 15 is 0 Å². The Bertz CT molecular complexity index is 640. The van der Waals surface area contributed by atoms with E-state index in [0.29, 0.717) is 52.2 Å². The zero-order valence-electron chi connectivity index (χ0n) is 15.8. The third-order valence-corrected chi connectivity index (χ3v) is 11.4. The average Bonchev–Trinajstić information content (AvgIpc) is 2.74. The summed E-state index contributed by atoms with van der Waals surface area (Å²) in [5.74, 6) is 0.192. The van der Waals surface area contributed by atoms with Gasteiger partial charge < -0.3 is 0 Å². The Kier molecular flexibility index (Phi) is 11.5. The first-order chi connectivity index (χ1) is 13.7. The van der Waals surface area contributed by atoms with Gasteiger partial charge in [0.25, 0.3) is 0 Å². The van der Waals surface area contributed by atoms with E-state index in [1.54, 1.807) is 12.4 Å². The van der Waals surface area contributed by atoms with E-state index in [0.717, 1.165) is 34.9 Å². The van der Waals surface area contributed by atoms with Gasteiger partial charge in [0.2, 0.25) is 0 Å². The van der Waals surface area contributed by atoms with E-state index in [4.69, 9.17) is 0 Å². The number of carbonyl (C=O) groups excluding carboxylic acids is 2. The molecule has 0 saturated carbocycles. The quantitative estimate of drug-likeness (QED) is 0.318. The number of amides is 2. The van der Waals surface area contributed by atoms with Crippen LogP contribution in [0.5, 0.6) is 0 Å². The second-order valence-electron chi connectivity index (χ2n) is 6.05. The van der Waals surface area contributed by atoms with Gasteiger partial charge in [0, 0.05) is 0 Å². The van der Waals surface area contributed by atoms with Crippen molar-refractivity contribution in [2.75, 3.05) is 0 Å². The molecule has 2 N–H and O–H groups in total.